The van der Waals surface area contributed by atoms with Crippen LogP contribution < -0.4 is 0 Å². The van der Waals surface area contributed by atoms with Gasteiger partial charge in [-0.05, 0) is 19.4 Å². The zero-order valence-corrected chi connectivity index (χ0v) is 13.4. The van der Waals surface area contributed by atoms with Gasteiger partial charge in [-0.25, -0.2) is 0 Å². The number of aliphatic hydroxyl groups is 4. The predicted molar refractivity (Wildman–Crippen MR) is 82.1 cm³/mol. The van der Waals surface area contributed by atoms with Gasteiger partial charge in [0.05, 0.1) is 19.8 Å². The second-order valence-electron chi connectivity index (χ2n) is 5.70. The molecule has 130 valence electrons. The van der Waals surface area contributed by atoms with Crippen LogP contribution in [0.4, 0.5) is 0 Å². The van der Waals surface area contributed by atoms with Crippen molar-refractivity contribution in [1.29, 1.82) is 0 Å². The summed E-state index contributed by atoms with van der Waals surface area (Å²) in [6, 6.07) is 7.80. The van der Waals surface area contributed by atoms with E-state index >= 15 is 0 Å². The molecule has 0 aliphatic carbocycles. The van der Waals surface area contributed by atoms with Gasteiger partial charge < -0.3 is 25.2 Å². The summed E-state index contributed by atoms with van der Waals surface area (Å²) >= 11 is 0. The summed E-state index contributed by atoms with van der Waals surface area (Å²) in [5.41, 5.74) is 2.07. The lowest BCUT2D eigenvalue weighted by molar-refractivity contribution is -0.337. The molecule has 0 aromatic heterocycles. The van der Waals surface area contributed by atoms with Gasteiger partial charge in [-0.15, -0.1) is 0 Å². The molecule has 0 radical (unpaired) electrons. The van der Waals surface area contributed by atoms with Gasteiger partial charge in [-0.2, -0.15) is 5.06 Å². The van der Waals surface area contributed by atoms with Crippen molar-refractivity contribution in [2.75, 3.05) is 13.2 Å². The van der Waals surface area contributed by atoms with Crippen LogP contribution >= 0.6 is 0 Å². The highest BCUT2D eigenvalue weighted by molar-refractivity contribution is 5.21. The molecule has 0 saturated carbocycles. The second-order valence-corrected chi connectivity index (χ2v) is 5.70. The minimum atomic E-state index is -1.42. The Morgan fingerprint density at radius 1 is 1.09 bits per heavy atom. The summed E-state index contributed by atoms with van der Waals surface area (Å²) in [6.07, 6.45) is -6.11. The number of ether oxygens (including phenoxy) is 1. The zero-order valence-electron chi connectivity index (χ0n) is 13.4. The van der Waals surface area contributed by atoms with Crippen LogP contribution in [-0.2, 0) is 16.1 Å². The number of aryl methyl sites for hydroxylation is 1. The molecule has 4 N–H and O–H groups in total. The van der Waals surface area contributed by atoms with E-state index in [4.69, 9.17) is 9.57 Å². The van der Waals surface area contributed by atoms with E-state index in [1.54, 1.807) is 6.92 Å². The second kappa shape index (κ2) is 8.16. The van der Waals surface area contributed by atoms with Gasteiger partial charge in [0.25, 0.3) is 0 Å². The lowest BCUT2D eigenvalue weighted by Gasteiger charge is -2.43. The van der Waals surface area contributed by atoms with Crippen LogP contribution in [0, 0.1) is 6.92 Å². The smallest absolute Gasteiger partial charge is 0.162 e. The molecule has 5 atom stereocenters. The summed E-state index contributed by atoms with van der Waals surface area (Å²) in [4.78, 5) is 5.54. The third-order valence-electron chi connectivity index (χ3n) is 3.90. The van der Waals surface area contributed by atoms with Crippen molar-refractivity contribution in [1.82, 2.24) is 5.06 Å². The number of nitrogens with zero attached hydrogens (tertiary/aromatic N) is 1. The molecule has 7 nitrogen and oxygen atoms in total. The van der Waals surface area contributed by atoms with Gasteiger partial charge >= 0.3 is 0 Å². The maximum absolute atomic E-state index is 10.2. The van der Waals surface area contributed by atoms with Gasteiger partial charge in [0, 0.05) is 0 Å². The molecule has 0 bridgehead atoms. The van der Waals surface area contributed by atoms with Crippen molar-refractivity contribution >= 4 is 0 Å². The van der Waals surface area contributed by atoms with E-state index in [2.05, 4.69) is 0 Å². The lowest BCUT2D eigenvalue weighted by atomic mass is 9.98. The lowest BCUT2D eigenvalue weighted by Crippen LogP contribution is -2.63. The molecule has 2 rings (SSSR count). The van der Waals surface area contributed by atoms with Crippen molar-refractivity contribution in [2.24, 2.45) is 0 Å². The molecule has 0 spiro atoms. The van der Waals surface area contributed by atoms with E-state index in [0.717, 1.165) is 11.1 Å². The van der Waals surface area contributed by atoms with Crippen LogP contribution in [0.5, 0.6) is 0 Å². The van der Waals surface area contributed by atoms with Crippen molar-refractivity contribution in [3.05, 3.63) is 35.4 Å². The average Bonchev–Trinajstić information content (AvgIpc) is 2.55. The molecule has 1 aromatic rings. The Balaban J connectivity index is 2.16. The predicted octanol–water partition coefficient (Wildman–Crippen LogP) is -0.452. The third-order valence-corrected chi connectivity index (χ3v) is 3.90. The van der Waals surface area contributed by atoms with Gasteiger partial charge in [0.2, 0.25) is 0 Å². The fraction of sp³-hybridized carbons (Fsp3) is 0.625. The standard InChI is InChI=1S/C16H25NO6/c1-3-22-17(8-11-6-4-10(2)5-7-11)16-15(21)14(20)13(19)12(9-18)23-16/h4-7,12-16,18-21H,3,8-9H2,1-2H3/t12-,13-,14+,15-,16?/m1/s1. The fourth-order valence-corrected chi connectivity index (χ4v) is 2.57. The first kappa shape index (κ1) is 18.3. The van der Waals surface area contributed by atoms with Gasteiger partial charge in [-0.1, -0.05) is 29.8 Å². The highest BCUT2D eigenvalue weighted by atomic mass is 16.7. The molecule has 1 fully saturated rings. The van der Waals surface area contributed by atoms with Crippen molar-refractivity contribution < 1.29 is 30.0 Å². The average molecular weight is 327 g/mol. The Kier molecular flexibility index (Phi) is 6.49. The Morgan fingerprint density at radius 2 is 1.74 bits per heavy atom. The number of hydrogen-bond donors (Lipinski definition) is 4. The molecule has 1 aliphatic rings. The fourth-order valence-electron chi connectivity index (χ4n) is 2.57. The monoisotopic (exact) mass is 327 g/mol. The van der Waals surface area contributed by atoms with E-state index in [0.29, 0.717) is 13.2 Å². The van der Waals surface area contributed by atoms with E-state index in [1.807, 2.05) is 31.2 Å². The summed E-state index contributed by atoms with van der Waals surface area (Å²) in [5, 5.41) is 40.7. The maximum atomic E-state index is 10.2. The highest BCUT2D eigenvalue weighted by Crippen LogP contribution is 2.25. The minimum Gasteiger partial charge on any atom is -0.394 e. The van der Waals surface area contributed by atoms with Crippen molar-refractivity contribution in [3.63, 3.8) is 0 Å². The molecule has 1 aliphatic heterocycles. The Morgan fingerprint density at radius 3 is 2.30 bits per heavy atom. The molecular formula is C16H25NO6. The van der Waals surface area contributed by atoms with E-state index in [1.165, 1.54) is 5.06 Å². The SMILES string of the molecule is CCON(Cc1ccc(C)cc1)C1O[C@H](CO)[C@@H](O)[C@H](O)[C@H]1O. The van der Waals surface area contributed by atoms with E-state index in [9.17, 15) is 20.4 Å². The molecule has 1 heterocycles. The van der Waals surface area contributed by atoms with Crippen molar-refractivity contribution in [2.45, 2.75) is 51.0 Å². The topological polar surface area (TPSA) is 103 Å². The van der Waals surface area contributed by atoms with Crippen LogP contribution in [0.3, 0.4) is 0 Å². The van der Waals surface area contributed by atoms with Crippen LogP contribution in [0.15, 0.2) is 24.3 Å². The van der Waals surface area contributed by atoms with Gasteiger partial charge in [0.15, 0.2) is 6.23 Å². The highest BCUT2D eigenvalue weighted by Gasteiger charge is 2.46. The number of aliphatic hydroxyl groups excluding tert-OH is 4. The van der Waals surface area contributed by atoms with E-state index < -0.39 is 37.3 Å². The van der Waals surface area contributed by atoms with Crippen LogP contribution in [-0.4, -0.2) is 69.3 Å². The summed E-state index contributed by atoms with van der Waals surface area (Å²) in [5.74, 6) is 0. The molecule has 7 heteroatoms. The number of benzene rings is 1. The molecular weight excluding hydrogens is 302 g/mol. The summed E-state index contributed by atoms with van der Waals surface area (Å²) in [7, 11) is 0. The largest absolute Gasteiger partial charge is 0.394 e. The molecule has 1 saturated heterocycles. The number of hydrogen-bond acceptors (Lipinski definition) is 7. The zero-order chi connectivity index (χ0) is 17.0. The van der Waals surface area contributed by atoms with Gasteiger partial charge in [0.1, 0.15) is 24.4 Å². The third kappa shape index (κ3) is 4.27. The molecule has 0 amide bonds. The van der Waals surface area contributed by atoms with Gasteiger partial charge in [-0.3, -0.25) is 4.84 Å². The first-order valence-corrected chi connectivity index (χ1v) is 7.73. The first-order valence-electron chi connectivity index (χ1n) is 7.73. The minimum absolute atomic E-state index is 0.330. The molecule has 1 aromatic carbocycles. The van der Waals surface area contributed by atoms with Crippen LogP contribution in [0.2, 0.25) is 0 Å². The van der Waals surface area contributed by atoms with Crippen LogP contribution in [0.25, 0.3) is 0 Å². The Labute approximate surface area is 135 Å². The Hall–Kier alpha value is -1.06. The summed E-state index contributed by atoms with van der Waals surface area (Å²) in [6.45, 7) is 4.00. The Bertz CT molecular complexity index is 480. The van der Waals surface area contributed by atoms with Crippen LogP contribution in [0.1, 0.15) is 18.1 Å². The molecule has 1 unspecified atom stereocenters. The number of hydroxylamine groups is 2. The van der Waals surface area contributed by atoms with Crippen molar-refractivity contribution in [3.8, 4) is 0 Å². The first-order chi connectivity index (χ1) is 11.0. The molecule has 23 heavy (non-hydrogen) atoms. The normalized spacial score (nSPS) is 31.5. The maximum Gasteiger partial charge on any atom is 0.162 e. The quantitative estimate of drug-likeness (QED) is 0.525. The summed E-state index contributed by atoms with van der Waals surface area (Å²) < 4.78 is 5.53. The number of rotatable bonds is 6. The van der Waals surface area contributed by atoms with E-state index in [-0.39, 0.29) is 0 Å².